The molecule has 0 aliphatic heterocycles. The first-order chi connectivity index (χ1) is 4.12. The highest BCUT2D eigenvalue weighted by Gasteiger charge is 1.93. The summed E-state index contributed by atoms with van der Waals surface area (Å²) in [4.78, 5) is 0. The van der Waals surface area contributed by atoms with Crippen molar-refractivity contribution in [1.29, 1.82) is 0 Å². The van der Waals surface area contributed by atoms with Crippen molar-refractivity contribution in [3.05, 3.63) is 22.8 Å². The molecule has 0 radical (unpaired) electrons. The molecule has 0 aromatic carbocycles. The van der Waals surface area contributed by atoms with Gasteiger partial charge in [0.05, 0.1) is 0 Å². The second-order valence-corrected chi connectivity index (χ2v) is 3.79. The second-order valence-electron chi connectivity index (χ2n) is 1.26. The first kappa shape index (κ1) is 8.78. The van der Waals surface area contributed by atoms with Crippen LogP contribution in [0, 0.1) is 0 Å². The zero-order chi connectivity index (χ0) is 7.33. The van der Waals surface area contributed by atoms with Crippen LogP contribution in [0.1, 0.15) is 0 Å². The van der Waals surface area contributed by atoms with Gasteiger partial charge in [-0.2, -0.15) is 0 Å². The molecule has 4 heteroatoms. The van der Waals surface area contributed by atoms with Gasteiger partial charge in [0.15, 0.2) is 9.84 Å². The maximum Gasteiger partial charge on any atom is 0.192 e. The maximum absolute atomic E-state index is 10.5. The van der Waals surface area contributed by atoms with E-state index in [1.54, 1.807) is 6.26 Å². The Balaban J connectivity index is 4.21. The van der Waals surface area contributed by atoms with Gasteiger partial charge in [0, 0.05) is 10.8 Å². The van der Waals surface area contributed by atoms with Crippen LogP contribution in [0.2, 0.25) is 0 Å². The van der Waals surface area contributed by atoms with Gasteiger partial charge >= 0.3 is 0 Å². The van der Waals surface area contributed by atoms with Crippen LogP contribution in [0.15, 0.2) is 22.8 Å². The summed E-state index contributed by atoms with van der Waals surface area (Å²) in [6.45, 7) is 3.14. The molecule has 0 spiro atoms. The first-order valence-electron chi connectivity index (χ1n) is 2.19. The van der Waals surface area contributed by atoms with Crippen LogP contribution in [0.4, 0.5) is 0 Å². The van der Waals surface area contributed by atoms with E-state index >= 15 is 0 Å². The molecule has 0 bridgehead atoms. The van der Waals surface area contributed by atoms with Gasteiger partial charge in [0.1, 0.15) is 0 Å². The fourth-order valence-electron chi connectivity index (χ4n) is 0.189. The number of rotatable bonds is 3. The fourth-order valence-corrected chi connectivity index (χ4v) is 1.36. The second kappa shape index (κ2) is 3.74. The van der Waals surface area contributed by atoms with Crippen molar-refractivity contribution in [2.24, 2.45) is 0 Å². The molecule has 0 rings (SSSR count). The molecule has 0 saturated carbocycles. The van der Waals surface area contributed by atoms with Gasteiger partial charge in [0.2, 0.25) is 0 Å². The topological polar surface area (TPSA) is 34.1 Å². The van der Waals surface area contributed by atoms with E-state index in [0.29, 0.717) is 0 Å². The molecule has 0 heterocycles. The lowest BCUT2D eigenvalue weighted by atomic mass is 11.2. The maximum atomic E-state index is 10.5. The molecule has 0 aromatic heterocycles. The van der Waals surface area contributed by atoms with Crippen LogP contribution >= 0.6 is 11.8 Å². The van der Waals surface area contributed by atoms with Crippen molar-refractivity contribution in [3.8, 4) is 0 Å². The first-order valence-corrected chi connectivity index (χ1v) is 5.09. The quantitative estimate of drug-likeness (QED) is 0.632. The standard InChI is InChI=1S/C5H8O2S2/c1-3-9(6,7)5-4-8-2/h3-5H,1H2,2H3/b5-4+. The molecule has 0 atom stereocenters. The molecular weight excluding hydrogens is 156 g/mol. The Hall–Kier alpha value is -0.220. The van der Waals surface area contributed by atoms with E-state index in [1.165, 1.54) is 17.2 Å². The van der Waals surface area contributed by atoms with E-state index < -0.39 is 9.84 Å². The number of hydrogen-bond acceptors (Lipinski definition) is 3. The number of sulfone groups is 1. The molecular formula is C5H8O2S2. The number of thioether (sulfide) groups is 1. The highest BCUT2D eigenvalue weighted by atomic mass is 32.2. The van der Waals surface area contributed by atoms with Gasteiger partial charge < -0.3 is 0 Å². The molecule has 0 unspecified atom stereocenters. The number of hydrogen-bond donors (Lipinski definition) is 0. The monoisotopic (exact) mass is 164 g/mol. The minimum absolute atomic E-state index is 0.916. The predicted molar refractivity (Wildman–Crippen MR) is 41.8 cm³/mol. The Labute approximate surface area is 59.6 Å². The van der Waals surface area contributed by atoms with Crippen molar-refractivity contribution in [2.45, 2.75) is 0 Å². The highest BCUT2D eigenvalue weighted by Crippen LogP contribution is 1.99. The molecule has 0 aromatic rings. The highest BCUT2D eigenvalue weighted by molar-refractivity contribution is 8.03. The van der Waals surface area contributed by atoms with Crippen LogP contribution in [0.5, 0.6) is 0 Å². The van der Waals surface area contributed by atoms with Crippen molar-refractivity contribution in [1.82, 2.24) is 0 Å². The molecule has 0 fully saturated rings. The van der Waals surface area contributed by atoms with Crippen molar-refractivity contribution < 1.29 is 8.42 Å². The summed E-state index contributed by atoms with van der Waals surface area (Å²) in [5.41, 5.74) is 0. The van der Waals surface area contributed by atoms with Crippen LogP contribution < -0.4 is 0 Å². The lowest BCUT2D eigenvalue weighted by molar-refractivity contribution is 0.613. The summed E-state index contributed by atoms with van der Waals surface area (Å²) in [6, 6.07) is 0. The van der Waals surface area contributed by atoms with Crippen LogP contribution in [0.25, 0.3) is 0 Å². The lowest BCUT2D eigenvalue weighted by Gasteiger charge is -1.82. The third kappa shape index (κ3) is 4.29. The largest absolute Gasteiger partial charge is 0.220 e. The molecule has 2 nitrogen and oxygen atoms in total. The molecule has 0 saturated heterocycles. The minimum Gasteiger partial charge on any atom is -0.220 e. The summed E-state index contributed by atoms with van der Waals surface area (Å²) < 4.78 is 21.1. The summed E-state index contributed by atoms with van der Waals surface area (Å²) >= 11 is 1.34. The third-order valence-electron chi connectivity index (χ3n) is 0.614. The summed E-state index contributed by atoms with van der Waals surface area (Å²) in [6.07, 6.45) is 1.79. The van der Waals surface area contributed by atoms with Gasteiger partial charge in [-0.05, 0) is 11.7 Å². The van der Waals surface area contributed by atoms with E-state index in [2.05, 4.69) is 6.58 Å². The zero-order valence-corrected chi connectivity index (χ0v) is 6.71. The molecule has 0 aliphatic carbocycles. The Morgan fingerprint density at radius 3 is 2.44 bits per heavy atom. The SMILES string of the molecule is C=CS(=O)(=O)/C=C/SC. The van der Waals surface area contributed by atoms with E-state index in [1.807, 2.05) is 0 Å². The van der Waals surface area contributed by atoms with Gasteiger partial charge in [-0.1, -0.05) is 6.58 Å². The Morgan fingerprint density at radius 1 is 1.56 bits per heavy atom. The van der Waals surface area contributed by atoms with Gasteiger partial charge in [-0.3, -0.25) is 0 Å². The molecule has 9 heavy (non-hydrogen) atoms. The molecule has 0 aliphatic rings. The van der Waals surface area contributed by atoms with Crippen LogP contribution in [0.3, 0.4) is 0 Å². The van der Waals surface area contributed by atoms with Crippen molar-refractivity contribution in [3.63, 3.8) is 0 Å². The van der Waals surface area contributed by atoms with Gasteiger partial charge in [-0.15, -0.1) is 11.8 Å². The van der Waals surface area contributed by atoms with Crippen LogP contribution in [-0.2, 0) is 9.84 Å². The van der Waals surface area contributed by atoms with E-state index in [0.717, 1.165) is 10.8 Å². The fraction of sp³-hybridized carbons (Fsp3) is 0.200. The summed E-state index contributed by atoms with van der Waals surface area (Å²) in [5, 5.41) is 3.53. The van der Waals surface area contributed by atoms with Crippen molar-refractivity contribution >= 4 is 21.6 Å². The van der Waals surface area contributed by atoms with E-state index in [4.69, 9.17) is 0 Å². The van der Waals surface area contributed by atoms with Crippen molar-refractivity contribution in [2.75, 3.05) is 6.26 Å². The Kier molecular flexibility index (Phi) is 3.65. The molecule has 0 amide bonds. The predicted octanol–water partition coefficient (Wildman–Crippen LogP) is 1.38. The normalized spacial score (nSPS) is 12.1. The molecule has 0 N–H and O–H groups in total. The minimum atomic E-state index is -3.12. The smallest absolute Gasteiger partial charge is 0.192 e. The average Bonchev–Trinajstić information content (AvgIpc) is 1.84. The third-order valence-corrected chi connectivity index (χ3v) is 2.17. The summed E-state index contributed by atoms with van der Waals surface area (Å²) in [5.74, 6) is 0. The van der Waals surface area contributed by atoms with Gasteiger partial charge in [-0.25, -0.2) is 8.42 Å². The average molecular weight is 164 g/mol. The van der Waals surface area contributed by atoms with E-state index in [-0.39, 0.29) is 0 Å². The van der Waals surface area contributed by atoms with Crippen LogP contribution in [-0.4, -0.2) is 14.7 Å². The lowest BCUT2D eigenvalue weighted by Crippen LogP contribution is -1.84. The van der Waals surface area contributed by atoms with E-state index in [9.17, 15) is 8.42 Å². The zero-order valence-electron chi connectivity index (χ0n) is 5.07. The van der Waals surface area contributed by atoms with Gasteiger partial charge in [0.25, 0.3) is 0 Å². The Morgan fingerprint density at radius 2 is 2.11 bits per heavy atom. The summed E-state index contributed by atoms with van der Waals surface area (Å²) in [7, 11) is -3.12. The molecule has 52 valence electrons. The Bertz CT molecular complexity index is 201.